The van der Waals surface area contributed by atoms with E-state index >= 15 is 0 Å². The molecule has 0 bridgehead atoms. The number of nitrogens with one attached hydrogen (secondary N) is 2. The van der Waals surface area contributed by atoms with Gasteiger partial charge in [-0.25, -0.2) is 4.98 Å². The molecule has 0 aliphatic rings. The van der Waals surface area contributed by atoms with Crippen LogP contribution < -0.4 is 10.9 Å². The molecule has 0 saturated heterocycles. The van der Waals surface area contributed by atoms with Crippen LogP contribution in [0, 0.1) is 0 Å². The minimum Gasteiger partial charge on any atom is -0.468 e. The summed E-state index contributed by atoms with van der Waals surface area (Å²) < 4.78 is 5.26. The van der Waals surface area contributed by atoms with Crippen molar-refractivity contribution in [2.75, 3.05) is 0 Å². The van der Waals surface area contributed by atoms with Crippen LogP contribution in [0.1, 0.15) is 24.6 Å². The van der Waals surface area contributed by atoms with Gasteiger partial charge in [0.15, 0.2) is 0 Å². The fraction of sp³-hybridized carbons (Fsp3) is 0.200. The quantitative estimate of drug-likeness (QED) is 0.762. The lowest BCUT2D eigenvalue weighted by atomic mass is 10.2. The molecule has 2 N–H and O–H groups in total. The highest BCUT2D eigenvalue weighted by Crippen LogP contribution is 2.11. The van der Waals surface area contributed by atoms with Crippen LogP contribution >= 0.6 is 0 Å². The van der Waals surface area contributed by atoms with Gasteiger partial charge in [-0.2, -0.15) is 0 Å². The molecule has 1 aromatic carbocycles. The highest BCUT2D eigenvalue weighted by Gasteiger charge is 2.10. The summed E-state index contributed by atoms with van der Waals surface area (Å²) in [6.45, 7) is 2.54. The van der Waals surface area contributed by atoms with Crippen LogP contribution in [-0.4, -0.2) is 9.97 Å². The van der Waals surface area contributed by atoms with Gasteiger partial charge in [-0.1, -0.05) is 12.1 Å². The van der Waals surface area contributed by atoms with Gasteiger partial charge >= 0.3 is 0 Å². The number of nitrogens with zero attached hydrogens (tertiary/aromatic N) is 1. The molecule has 2 aromatic heterocycles. The molecule has 1 unspecified atom stereocenters. The molecular weight excluding hydrogens is 254 g/mol. The molecular formula is C15H15N3O2. The third-order valence-electron chi connectivity index (χ3n) is 3.20. The van der Waals surface area contributed by atoms with Gasteiger partial charge in [0, 0.05) is 0 Å². The fourth-order valence-electron chi connectivity index (χ4n) is 2.07. The first kappa shape index (κ1) is 12.6. The second kappa shape index (κ2) is 5.30. The summed E-state index contributed by atoms with van der Waals surface area (Å²) in [7, 11) is 0. The smallest absolute Gasteiger partial charge is 0.258 e. The first-order chi connectivity index (χ1) is 9.74. The largest absolute Gasteiger partial charge is 0.468 e. The van der Waals surface area contributed by atoms with E-state index in [4.69, 9.17) is 4.42 Å². The maximum absolute atomic E-state index is 12.0. The lowest BCUT2D eigenvalue weighted by Crippen LogP contribution is -2.23. The van der Waals surface area contributed by atoms with E-state index in [0.29, 0.717) is 23.3 Å². The maximum atomic E-state index is 12.0. The molecule has 0 aliphatic carbocycles. The number of aromatic nitrogens is 2. The third kappa shape index (κ3) is 2.48. The topological polar surface area (TPSA) is 70.9 Å². The Bertz CT molecular complexity index is 762. The Morgan fingerprint density at radius 3 is 2.95 bits per heavy atom. The zero-order valence-electron chi connectivity index (χ0n) is 11.1. The van der Waals surface area contributed by atoms with Crippen molar-refractivity contribution in [1.29, 1.82) is 0 Å². The van der Waals surface area contributed by atoms with Crippen LogP contribution in [0.15, 0.2) is 51.9 Å². The Morgan fingerprint density at radius 1 is 1.30 bits per heavy atom. The fourth-order valence-corrected chi connectivity index (χ4v) is 2.07. The van der Waals surface area contributed by atoms with Crippen LogP contribution in [0.3, 0.4) is 0 Å². The zero-order valence-corrected chi connectivity index (χ0v) is 11.1. The molecule has 0 saturated carbocycles. The standard InChI is InChI=1S/C15H15N3O2/c1-10(16-9-11-5-4-8-20-11)14-17-13-7-3-2-6-12(13)15(19)18-14/h2-8,10,16H,9H2,1H3,(H,17,18,19). The average Bonchev–Trinajstić information content (AvgIpc) is 2.98. The monoisotopic (exact) mass is 269 g/mol. The highest BCUT2D eigenvalue weighted by molar-refractivity contribution is 5.77. The van der Waals surface area contributed by atoms with Crippen LogP contribution in [-0.2, 0) is 6.54 Å². The van der Waals surface area contributed by atoms with Gasteiger partial charge in [-0.3, -0.25) is 4.79 Å². The van der Waals surface area contributed by atoms with Crippen molar-refractivity contribution < 1.29 is 4.42 Å². The molecule has 2 heterocycles. The summed E-state index contributed by atoms with van der Waals surface area (Å²) >= 11 is 0. The molecule has 0 amide bonds. The first-order valence-electron chi connectivity index (χ1n) is 6.49. The van der Waals surface area contributed by atoms with Crippen molar-refractivity contribution in [2.24, 2.45) is 0 Å². The van der Waals surface area contributed by atoms with Crippen molar-refractivity contribution in [1.82, 2.24) is 15.3 Å². The number of fused-ring (bicyclic) bond motifs is 1. The molecule has 0 aliphatic heterocycles. The van der Waals surface area contributed by atoms with Crippen molar-refractivity contribution in [3.05, 3.63) is 64.6 Å². The van der Waals surface area contributed by atoms with E-state index in [1.54, 1.807) is 12.3 Å². The number of aromatic amines is 1. The first-order valence-corrected chi connectivity index (χ1v) is 6.49. The number of rotatable bonds is 4. The number of H-pyrrole nitrogens is 1. The van der Waals surface area contributed by atoms with Crippen molar-refractivity contribution in [2.45, 2.75) is 19.5 Å². The van der Waals surface area contributed by atoms with Crippen molar-refractivity contribution in [3.8, 4) is 0 Å². The maximum Gasteiger partial charge on any atom is 0.258 e. The average molecular weight is 269 g/mol. The van der Waals surface area contributed by atoms with Gasteiger partial charge in [-0.15, -0.1) is 0 Å². The molecule has 102 valence electrons. The number of benzene rings is 1. The second-order valence-corrected chi connectivity index (χ2v) is 4.65. The number of para-hydroxylation sites is 1. The summed E-state index contributed by atoms with van der Waals surface area (Å²) in [6.07, 6.45) is 1.64. The van der Waals surface area contributed by atoms with E-state index in [0.717, 1.165) is 5.76 Å². The minimum absolute atomic E-state index is 0.0718. The van der Waals surface area contributed by atoms with E-state index in [9.17, 15) is 4.79 Å². The Kier molecular flexibility index (Phi) is 3.35. The van der Waals surface area contributed by atoms with Gasteiger partial charge in [-0.05, 0) is 31.2 Å². The molecule has 5 heteroatoms. The predicted octanol–water partition coefficient (Wildman–Crippen LogP) is 2.37. The predicted molar refractivity (Wildman–Crippen MR) is 76.3 cm³/mol. The van der Waals surface area contributed by atoms with Gasteiger partial charge in [0.05, 0.1) is 29.8 Å². The zero-order chi connectivity index (χ0) is 13.9. The van der Waals surface area contributed by atoms with Crippen LogP contribution in [0.2, 0.25) is 0 Å². The summed E-state index contributed by atoms with van der Waals surface area (Å²) in [6, 6.07) is 11.0. The van der Waals surface area contributed by atoms with Crippen LogP contribution in [0.25, 0.3) is 10.9 Å². The van der Waals surface area contributed by atoms with E-state index in [-0.39, 0.29) is 11.6 Å². The lowest BCUT2D eigenvalue weighted by molar-refractivity contribution is 0.453. The summed E-state index contributed by atoms with van der Waals surface area (Å²) in [5, 5.41) is 3.87. The van der Waals surface area contributed by atoms with E-state index in [1.165, 1.54) is 0 Å². The van der Waals surface area contributed by atoms with Crippen molar-refractivity contribution in [3.63, 3.8) is 0 Å². The number of hydrogen-bond acceptors (Lipinski definition) is 4. The molecule has 5 nitrogen and oxygen atoms in total. The molecule has 0 radical (unpaired) electrons. The van der Waals surface area contributed by atoms with Crippen LogP contribution in [0.4, 0.5) is 0 Å². The molecule has 0 spiro atoms. The van der Waals surface area contributed by atoms with E-state index in [1.807, 2.05) is 37.3 Å². The Hall–Kier alpha value is -2.40. The molecule has 0 fully saturated rings. The highest BCUT2D eigenvalue weighted by atomic mass is 16.3. The number of hydrogen-bond donors (Lipinski definition) is 2. The summed E-state index contributed by atoms with van der Waals surface area (Å²) in [4.78, 5) is 19.3. The molecule has 1 atom stereocenters. The molecule has 3 rings (SSSR count). The van der Waals surface area contributed by atoms with Gasteiger partial charge in [0.2, 0.25) is 0 Å². The van der Waals surface area contributed by atoms with Crippen LogP contribution in [0.5, 0.6) is 0 Å². The Balaban J connectivity index is 1.84. The van der Waals surface area contributed by atoms with Gasteiger partial charge < -0.3 is 14.7 Å². The van der Waals surface area contributed by atoms with E-state index in [2.05, 4.69) is 15.3 Å². The summed E-state index contributed by atoms with van der Waals surface area (Å²) in [5.74, 6) is 1.47. The van der Waals surface area contributed by atoms with Gasteiger partial charge in [0.1, 0.15) is 11.6 Å². The minimum atomic E-state index is -0.114. The molecule has 3 aromatic rings. The lowest BCUT2D eigenvalue weighted by Gasteiger charge is -2.12. The summed E-state index contributed by atoms with van der Waals surface area (Å²) in [5.41, 5.74) is 0.593. The molecule has 20 heavy (non-hydrogen) atoms. The number of furan rings is 1. The van der Waals surface area contributed by atoms with E-state index < -0.39 is 0 Å². The Labute approximate surface area is 115 Å². The Morgan fingerprint density at radius 2 is 2.15 bits per heavy atom. The second-order valence-electron chi connectivity index (χ2n) is 4.65. The van der Waals surface area contributed by atoms with Crippen molar-refractivity contribution >= 4 is 10.9 Å². The normalized spacial score (nSPS) is 12.7. The SMILES string of the molecule is CC(NCc1ccco1)c1nc2ccccc2c(=O)[nH]1. The third-order valence-corrected chi connectivity index (χ3v) is 3.20. The van der Waals surface area contributed by atoms with Gasteiger partial charge in [0.25, 0.3) is 5.56 Å².